The van der Waals surface area contributed by atoms with Gasteiger partial charge in [-0.1, -0.05) is 37.5 Å². The van der Waals surface area contributed by atoms with Crippen molar-refractivity contribution >= 4 is 11.7 Å². The molecule has 5 nitrogen and oxygen atoms in total. The first-order valence-corrected chi connectivity index (χ1v) is 10.4. The monoisotopic (exact) mass is 358 g/mol. The van der Waals surface area contributed by atoms with Crippen LogP contribution in [0.1, 0.15) is 44.9 Å². The summed E-state index contributed by atoms with van der Waals surface area (Å²) in [5.41, 5.74) is 1.33. The van der Waals surface area contributed by atoms with Crippen molar-refractivity contribution in [1.29, 1.82) is 0 Å². The third-order valence-electron chi connectivity index (χ3n) is 5.62. The molecular formula is C21H34N4O. The molecule has 2 amide bonds. The number of amides is 2. The van der Waals surface area contributed by atoms with Gasteiger partial charge in [-0.15, -0.1) is 0 Å². The molecule has 1 aliphatic carbocycles. The number of nitrogens with zero attached hydrogens (tertiary/aromatic N) is 2. The van der Waals surface area contributed by atoms with Crippen LogP contribution >= 0.6 is 0 Å². The van der Waals surface area contributed by atoms with Crippen molar-refractivity contribution in [2.75, 3.05) is 44.2 Å². The number of unbranched alkanes of at least 4 members (excludes halogenated alkanes) is 1. The Hall–Kier alpha value is -1.75. The van der Waals surface area contributed by atoms with Crippen molar-refractivity contribution in [3.05, 3.63) is 30.3 Å². The number of hydrogen-bond acceptors (Lipinski definition) is 3. The van der Waals surface area contributed by atoms with Gasteiger partial charge in [-0.05, 0) is 44.4 Å². The van der Waals surface area contributed by atoms with Crippen LogP contribution in [0.4, 0.5) is 10.5 Å². The van der Waals surface area contributed by atoms with Gasteiger partial charge in [-0.25, -0.2) is 4.79 Å². The zero-order valence-electron chi connectivity index (χ0n) is 16.0. The van der Waals surface area contributed by atoms with Crippen molar-refractivity contribution in [3.63, 3.8) is 0 Å². The number of anilines is 1. The zero-order valence-corrected chi connectivity index (χ0v) is 16.0. The zero-order chi connectivity index (χ0) is 18.0. The van der Waals surface area contributed by atoms with Gasteiger partial charge in [-0.2, -0.15) is 0 Å². The van der Waals surface area contributed by atoms with E-state index in [-0.39, 0.29) is 6.03 Å². The number of piperazine rings is 1. The van der Waals surface area contributed by atoms with Gasteiger partial charge in [0.2, 0.25) is 0 Å². The van der Waals surface area contributed by atoms with Gasteiger partial charge in [-0.3, -0.25) is 4.90 Å². The number of urea groups is 1. The standard InChI is InChI=1S/C21H34N4O/c26-21(23-19-9-3-1-4-10-19)22-13-7-8-14-24-15-17-25(18-16-24)20-11-5-2-6-12-20/h2,5-6,11-12,19H,1,3-4,7-10,13-18H2,(H2,22,23,26). The Labute approximate surface area is 158 Å². The van der Waals surface area contributed by atoms with E-state index in [1.165, 1.54) is 24.9 Å². The van der Waals surface area contributed by atoms with Crippen molar-refractivity contribution in [2.45, 2.75) is 51.0 Å². The summed E-state index contributed by atoms with van der Waals surface area (Å²) in [5, 5.41) is 6.13. The van der Waals surface area contributed by atoms with E-state index in [0.717, 1.165) is 65.0 Å². The highest BCUT2D eigenvalue weighted by atomic mass is 16.2. The molecule has 3 rings (SSSR count). The number of hydrogen-bond donors (Lipinski definition) is 2. The van der Waals surface area contributed by atoms with Crippen LogP contribution in [0.3, 0.4) is 0 Å². The lowest BCUT2D eigenvalue weighted by Gasteiger charge is -2.36. The number of carbonyl (C=O) groups excluding carboxylic acids is 1. The van der Waals surface area contributed by atoms with Crippen LogP contribution in [0, 0.1) is 0 Å². The SMILES string of the molecule is O=C(NCCCCN1CCN(c2ccccc2)CC1)NC1CCCCC1. The molecule has 1 aromatic rings. The largest absolute Gasteiger partial charge is 0.369 e. The van der Waals surface area contributed by atoms with E-state index in [9.17, 15) is 4.79 Å². The maximum atomic E-state index is 11.9. The van der Waals surface area contributed by atoms with Gasteiger partial charge in [0, 0.05) is 44.5 Å². The van der Waals surface area contributed by atoms with E-state index >= 15 is 0 Å². The summed E-state index contributed by atoms with van der Waals surface area (Å²) in [6.45, 7) is 6.38. The lowest BCUT2D eigenvalue weighted by molar-refractivity contribution is 0.231. The lowest BCUT2D eigenvalue weighted by atomic mass is 9.96. The second-order valence-corrected chi connectivity index (χ2v) is 7.61. The highest BCUT2D eigenvalue weighted by Crippen LogP contribution is 2.17. The molecule has 0 bridgehead atoms. The Morgan fingerprint density at radius 3 is 2.42 bits per heavy atom. The average Bonchev–Trinajstić information content (AvgIpc) is 2.70. The second-order valence-electron chi connectivity index (χ2n) is 7.61. The smallest absolute Gasteiger partial charge is 0.315 e. The van der Waals surface area contributed by atoms with E-state index in [4.69, 9.17) is 0 Å². The fraction of sp³-hybridized carbons (Fsp3) is 0.667. The first-order valence-electron chi connectivity index (χ1n) is 10.4. The van der Waals surface area contributed by atoms with Gasteiger partial charge < -0.3 is 15.5 Å². The number of benzene rings is 1. The molecule has 0 spiro atoms. The molecule has 2 N–H and O–H groups in total. The molecule has 1 aromatic carbocycles. The minimum absolute atomic E-state index is 0.0216. The third-order valence-corrected chi connectivity index (χ3v) is 5.62. The summed E-state index contributed by atoms with van der Waals surface area (Å²) in [5.74, 6) is 0. The van der Waals surface area contributed by atoms with Crippen molar-refractivity contribution in [1.82, 2.24) is 15.5 Å². The molecule has 26 heavy (non-hydrogen) atoms. The molecule has 1 saturated heterocycles. The summed E-state index contributed by atoms with van der Waals surface area (Å²) in [7, 11) is 0. The fourth-order valence-electron chi connectivity index (χ4n) is 4.01. The van der Waals surface area contributed by atoms with E-state index in [1.54, 1.807) is 0 Å². The highest BCUT2D eigenvalue weighted by Gasteiger charge is 2.17. The summed E-state index contributed by atoms with van der Waals surface area (Å²) >= 11 is 0. The maximum Gasteiger partial charge on any atom is 0.315 e. The molecule has 5 heteroatoms. The summed E-state index contributed by atoms with van der Waals surface area (Å²) in [4.78, 5) is 16.9. The van der Waals surface area contributed by atoms with Crippen LogP contribution in [0.5, 0.6) is 0 Å². The average molecular weight is 359 g/mol. The minimum Gasteiger partial charge on any atom is -0.369 e. The predicted molar refractivity (Wildman–Crippen MR) is 108 cm³/mol. The van der Waals surface area contributed by atoms with Crippen LogP contribution in [0.25, 0.3) is 0 Å². The first-order chi connectivity index (χ1) is 12.8. The number of nitrogens with one attached hydrogen (secondary N) is 2. The molecular weight excluding hydrogens is 324 g/mol. The van der Waals surface area contributed by atoms with Crippen molar-refractivity contribution in [2.24, 2.45) is 0 Å². The normalized spacial score (nSPS) is 19.3. The highest BCUT2D eigenvalue weighted by molar-refractivity contribution is 5.74. The molecule has 1 saturated carbocycles. The minimum atomic E-state index is 0.0216. The molecule has 1 aliphatic heterocycles. The van der Waals surface area contributed by atoms with Crippen LogP contribution in [0.15, 0.2) is 30.3 Å². The molecule has 2 fully saturated rings. The molecule has 0 radical (unpaired) electrons. The Morgan fingerprint density at radius 2 is 1.69 bits per heavy atom. The molecule has 0 unspecified atom stereocenters. The second kappa shape index (κ2) is 10.4. The summed E-state index contributed by atoms with van der Waals surface area (Å²) in [6, 6.07) is 11.1. The Balaban J connectivity index is 1.22. The van der Waals surface area contributed by atoms with E-state index in [1.807, 2.05) is 0 Å². The van der Waals surface area contributed by atoms with Crippen molar-refractivity contribution in [3.8, 4) is 0 Å². The van der Waals surface area contributed by atoms with E-state index in [2.05, 4.69) is 50.8 Å². The van der Waals surface area contributed by atoms with Gasteiger partial charge >= 0.3 is 6.03 Å². The van der Waals surface area contributed by atoms with E-state index in [0.29, 0.717) is 6.04 Å². The lowest BCUT2D eigenvalue weighted by Crippen LogP contribution is -2.46. The number of rotatable bonds is 7. The fourth-order valence-corrected chi connectivity index (χ4v) is 4.01. The van der Waals surface area contributed by atoms with Crippen molar-refractivity contribution < 1.29 is 4.79 Å². The predicted octanol–water partition coefficient (Wildman–Crippen LogP) is 3.22. The first kappa shape index (κ1) is 19.0. The Kier molecular flexibility index (Phi) is 7.62. The molecule has 0 atom stereocenters. The third kappa shape index (κ3) is 6.20. The Morgan fingerprint density at radius 1 is 0.962 bits per heavy atom. The molecule has 2 aliphatic rings. The van der Waals surface area contributed by atoms with Gasteiger partial charge in [0.05, 0.1) is 0 Å². The summed E-state index contributed by atoms with van der Waals surface area (Å²) < 4.78 is 0. The maximum absolute atomic E-state index is 11.9. The topological polar surface area (TPSA) is 47.6 Å². The van der Waals surface area contributed by atoms with Gasteiger partial charge in [0.25, 0.3) is 0 Å². The van der Waals surface area contributed by atoms with Gasteiger partial charge in [0.1, 0.15) is 0 Å². The van der Waals surface area contributed by atoms with E-state index < -0.39 is 0 Å². The van der Waals surface area contributed by atoms with Crippen LogP contribution < -0.4 is 15.5 Å². The van der Waals surface area contributed by atoms with Gasteiger partial charge in [0.15, 0.2) is 0 Å². The molecule has 0 aromatic heterocycles. The number of carbonyl (C=O) groups is 1. The molecule has 1 heterocycles. The molecule has 144 valence electrons. The van der Waals surface area contributed by atoms with Crippen LogP contribution in [-0.4, -0.2) is 56.2 Å². The quantitative estimate of drug-likeness (QED) is 0.736. The number of para-hydroxylation sites is 1. The summed E-state index contributed by atoms with van der Waals surface area (Å²) in [6.07, 6.45) is 8.31. The van der Waals surface area contributed by atoms with Crippen LogP contribution in [0.2, 0.25) is 0 Å². The Bertz CT molecular complexity index is 522. The van der Waals surface area contributed by atoms with Crippen LogP contribution in [-0.2, 0) is 0 Å².